The van der Waals surface area contributed by atoms with Crippen LogP contribution in [0.4, 0.5) is 0 Å². The molecule has 1 N–H and O–H groups in total. The lowest BCUT2D eigenvalue weighted by atomic mass is 9.89. The van der Waals surface area contributed by atoms with Crippen molar-refractivity contribution in [2.45, 2.75) is 50.9 Å². The molecule has 36 heavy (non-hydrogen) atoms. The number of rotatable bonds is 6. The lowest BCUT2D eigenvalue weighted by Crippen LogP contribution is -2.16. The first-order valence-electron chi connectivity index (χ1n) is 12.0. The summed E-state index contributed by atoms with van der Waals surface area (Å²) in [5.41, 5.74) is 5.25. The molecule has 0 radical (unpaired) electrons. The summed E-state index contributed by atoms with van der Waals surface area (Å²) in [5, 5.41) is 8.17. The van der Waals surface area contributed by atoms with Gasteiger partial charge in [0.15, 0.2) is 5.65 Å². The summed E-state index contributed by atoms with van der Waals surface area (Å²) in [6.45, 7) is 5.95. The molecule has 0 bridgehead atoms. The van der Waals surface area contributed by atoms with Gasteiger partial charge in [-0.1, -0.05) is 50.2 Å². The number of nitrogens with zero attached hydrogens (tertiary/aromatic N) is 6. The third-order valence-corrected chi connectivity index (χ3v) is 6.85. The van der Waals surface area contributed by atoms with Crippen molar-refractivity contribution in [1.29, 1.82) is 0 Å². The van der Waals surface area contributed by atoms with E-state index in [1.165, 1.54) is 0 Å². The van der Waals surface area contributed by atoms with Crippen molar-refractivity contribution in [3.8, 4) is 22.5 Å². The molecule has 9 heteroatoms. The summed E-state index contributed by atoms with van der Waals surface area (Å²) in [7, 11) is 1.88. The van der Waals surface area contributed by atoms with Crippen LogP contribution in [0.3, 0.4) is 0 Å². The molecule has 0 amide bonds. The highest BCUT2D eigenvalue weighted by Gasteiger charge is 2.46. The number of aromatic nitrogens is 7. The van der Waals surface area contributed by atoms with Gasteiger partial charge < -0.3 is 9.51 Å². The van der Waals surface area contributed by atoms with Gasteiger partial charge in [0.1, 0.15) is 5.82 Å². The van der Waals surface area contributed by atoms with Crippen molar-refractivity contribution in [3.05, 3.63) is 66.2 Å². The Morgan fingerprint density at radius 1 is 1.11 bits per heavy atom. The van der Waals surface area contributed by atoms with Gasteiger partial charge >= 0.3 is 0 Å². The van der Waals surface area contributed by atoms with Gasteiger partial charge in [0.25, 0.3) is 0 Å². The van der Waals surface area contributed by atoms with Crippen molar-refractivity contribution in [2.24, 2.45) is 7.05 Å². The summed E-state index contributed by atoms with van der Waals surface area (Å²) < 4.78 is 7.07. The number of Topliss-reactive ketones (excluding diaryl/α,β-unsaturated/α-hetero) is 1. The Labute approximate surface area is 208 Å². The third kappa shape index (κ3) is 3.90. The van der Waals surface area contributed by atoms with Crippen molar-refractivity contribution >= 4 is 16.9 Å². The first-order chi connectivity index (χ1) is 17.2. The molecule has 0 atom stereocenters. The fourth-order valence-electron chi connectivity index (χ4n) is 4.58. The fourth-order valence-corrected chi connectivity index (χ4v) is 4.58. The van der Waals surface area contributed by atoms with E-state index >= 15 is 0 Å². The van der Waals surface area contributed by atoms with Crippen LogP contribution in [-0.2, 0) is 17.9 Å². The van der Waals surface area contributed by atoms with Crippen LogP contribution in [0.1, 0.15) is 62.1 Å². The van der Waals surface area contributed by atoms with Gasteiger partial charge in [-0.05, 0) is 30.0 Å². The second-order valence-corrected chi connectivity index (χ2v) is 10.7. The second kappa shape index (κ2) is 7.94. The van der Waals surface area contributed by atoms with E-state index < -0.39 is 0 Å². The molecular formula is C27H27N7O2. The molecule has 0 spiro atoms. The lowest BCUT2D eigenvalue weighted by molar-refractivity contribution is 0.0956. The summed E-state index contributed by atoms with van der Waals surface area (Å²) in [6, 6.07) is 10.4. The fraction of sp³-hybridized carbons (Fsp3) is 0.333. The van der Waals surface area contributed by atoms with Crippen LogP contribution in [0, 0.1) is 0 Å². The zero-order chi connectivity index (χ0) is 25.1. The Morgan fingerprint density at radius 3 is 2.53 bits per heavy atom. The van der Waals surface area contributed by atoms with E-state index in [9.17, 15) is 4.79 Å². The minimum atomic E-state index is -0.287. The number of carbonyl (C=O) groups excluding carboxylic acids is 1. The Balaban J connectivity index is 1.25. The predicted octanol–water partition coefficient (Wildman–Crippen LogP) is 5.01. The molecule has 1 saturated carbocycles. The molecule has 1 aliphatic carbocycles. The largest absolute Gasteiger partial charge is 0.338 e. The first kappa shape index (κ1) is 22.3. The molecule has 6 rings (SSSR count). The summed E-state index contributed by atoms with van der Waals surface area (Å²) in [6.07, 6.45) is 7.79. The molecule has 0 unspecified atom stereocenters. The van der Waals surface area contributed by atoms with Crippen LogP contribution in [0.2, 0.25) is 0 Å². The Kier molecular flexibility index (Phi) is 4.93. The van der Waals surface area contributed by atoms with Crippen molar-refractivity contribution in [2.75, 3.05) is 0 Å². The van der Waals surface area contributed by atoms with Gasteiger partial charge in [-0.15, -0.1) is 0 Å². The number of H-pyrrole nitrogens is 1. The van der Waals surface area contributed by atoms with E-state index in [0.717, 1.165) is 46.4 Å². The van der Waals surface area contributed by atoms with Crippen LogP contribution >= 0.6 is 0 Å². The SMILES string of the molecule is Cn1cc(-c2nc3nccc(-c4ccc(C5(CC(=O)c6noc(C(C)(C)C)n6)CC5)cc4)c3[nH]2)cn1. The second-order valence-electron chi connectivity index (χ2n) is 10.7. The van der Waals surface area contributed by atoms with Crippen molar-refractivity contribution in [3.63, 3.8) is 0 Å². The molecule has 4 heterocycles. The van der Waals surface area contributed by atoms with E-state index in [0.29, 0.717) is 18.0 Å². The zero-order valence-electron chi connectivity index (χ0n) is 20.7. The first-order valence-corrected chi connectivity index (χ1v) is 12.0. The van der Waals surface area contributed by atoms with Crippen LogP contribution < -0.4 is 0 Å². The van der Waals surface area contributed by atoms with E-state index in [1.54, 1.807) is 17.1 Å². The number of ketones is 1. The number of carbonyl (C=O) groups is 1. The van der Waals surface area contributed by atoms with Crippen molar-refractivity contribution < 1.29 is 9.32 Å². The normalized spacial score (nSPS) is 14.9. The number of benzene rings is 1. The molecule has 5 aromatic rings. The number of imidazole rings is 1. The molecular weight excluding hydrogens is 454 g/mol. The summed E-state index contributed by atoms with van der Waals surface area (Å²) in [5.74, 6) is 1.31. The van der Waals surface area contributed by atoms with E-state index in [1.807, 2.05) is 40.1 Å². The van der Waals surface area contributed by atoms with Crippen molar-refractivity contribution in [1.82, 2.24) is 34.9 Å². The Hall–Kier alpha value is -4.14. The van der Waals surface area contributed by atoms with Gasteiger partial charge in [-0.2, -0.15) is 10.1 Å². The Morgan fingerprint density at radius 2 is 1.89 bits per heavy atom. The molecule has 0 aliphatic heterocycles. The number of hydrogen-bond donors (Lipinski definition) is 1. The van der Waals surface area contributed by atoms with Gasteiger partial charge in [0.05, 0.1) is 17.3 Å². The number of nitrogens with one attached hydrogen (secondary N) is 1. The molecule has 1 aromatic carbocycles. The molecule has 1 fully saturated rings. The molecule has 1 aliphatic rings. The van der Waals surface area contributed by atoms with Crippen LogP contribution in [0.25, 0.3) is 33.7 Å². The van der Waals surface area contributed by atoms with E-state index in [2.05, 4.69) is 54.5 Å². The van der Waals surface area contributed by atoms with Gasteiger partial charge in [-0.3, -0.25) is 9.48 Å². The highest BCUT2D eigenvalue weighted by molar-refractivity contribution is 5.94. The summed E-state index contributed by atoms with van der Waals surface area (Å²) >= 11 is 0. The number of aromatic amines is 1. The summed E-state index contributed by atoms with van der Waals surface area (Å²) in [4.78, 5) is 29.8. The highest BCUT2D eigenvalue weighted by Crippen LogP contribution is 2.51. The highest BCUT2D eigenvalue weighted by atomic mass is 16.5. The zero-order valence-corrected chi connectivity index (χ0v) is 20.7. The maximum Gasteiger partial charge on any atom is 0.238 e. The number of hydrogen-bond acceptors (Lipinski definition) is 7. The van der Waals surface area contributed by atoms with Gasteiger partial charge in [0, 0.05) is 42.3 Å². The van der Waals surface area contributed by atoms with Gasteiger partial charge in [0.2, 0.25) is 17.5 Å². The average Bonchev–Trinajstić information content (AvgIpc) is 3.25. The quantitative estimate of drug-likeness (QED) is 0.339. The molecule has 182 valence electrons. The predicted molar refractivity (Wildman–Crippen MR) is 134 cm³/mol. The van der Waals surface area contributed by atoms with Gasteiger partial charge in [-0.25, -0.2) is 9.97 Å². The maximum atomic E-state index is 13.0. The topological polar surface area (TPSA) is 115 Å². The smallest absolute Gasteiger partial charge is 0.238 e. The average molecular weight is 482 g/mol. The number of aryl methyl sites for hydroxylation is 1. The molecule has 4 aromatic heterocycles. The monoisotopic (exact) mass is 481 g/mol. The minimum absolute atomic E-state index is 0.0768. The third-order valence-electron chi connectivity index (χ3n) is 6.85. The number of pyridine rings is 1. The lowest BCUT2D eigenvalue weighted by Gasteiger charge is -2.15. The molecule has 9 nitrogen and oxygen atoms in total. The van der Waals surface area contributed by atoms with Crippen LogP contribution in [0.15, 0.2) is 53.4 Å². The molecule has 0 saturated heterocycles. The van der Waals surface area contributed by atoms with E-state index in [4.69, 9.17) is 4.52 Å². The number of fused-ring (bicyclic) bond motifs is 1. The van der Waals surface area contributed by atoms with Crippen LogP contribution in [0.5, 0.6) is 0 Å². The standard InChI is InChI=1S/C27H27N7O2/c1-26(2,3)25-32-23(33-36-25)20(35)13-27(10-11-27)18-7-5-16(6-8-18)19-9-12-28-24-21(19)30-22(31-24)17-14-29-34(4)15-17/h5-9,12,14-15H,10-11,13H2,1-4H3,(H,28,30,31). The maximum absolute atomic E-state index is 13.0. The minimum Gasteiger partial charge on any atom is -0.338 e. The van der Waals surface area contributed by atoms with Crippen LogP contribution in [-0.4, -0.2) is 40.7 Å². The Bertz CT molecular complexity index is 1580. The van der Waals surface area contributed by atoms with E-state index in [-0.39, 0.29) is 22.4 Å².